The van der Waals surface area contributed by atoms with Crippen LogP contribution in [0.15, 0.2) is 0 Å². The van der Waals surface area contributed by atoms with Crippen molar-refractivity contribution < 1.29 is 4.79 Å². The minimum atomic E-state index is 0.318. The van der Waals surface area contributed by atoms with Gasteiger partial charge in [-0.15, -0.1) is 0 Å². The standard InChI is InChI=1S/C11H19O/c1-9(8-10(2)12)11-6-4-3-5-7-11/h11H,3-8H2,1-2H3. The van der Waals surface area contributed by atoms with E-state index in [1.54, 1.807) is 6.92 Å². The number of hydrogen-bond acceptors (Lipinski definition) is 1. The Balaban J connectivity index is 2.29. The monoisotopic (exact) mass is 167 g/mol. The van der Waals surface area contributed by atoms with Crippen molar-refractivity contribution in [3.8, 4) is 0 Å². The molecule has 0 aliphatic heterocycles. The van der Waals surface area contributed by atoms with Crippen LogP contribution in [-0.2, 0) is 4.79 Å². The maximum atomic E-state index is 10.9. The van der Waals surface area contributed by atoms with Crippen LogP contribution in [0.2, 0.25) is 0 Å². The molecule has 0 amide bonds. The van der Waals surface area contributed by atoms with Crippen LogP contribution in [-0.4, -0.2) is 5.78 Å². The molecular weight excluding hydrogens is 148 g/mol. The first-order chi connectivity index (χ1) is 5.70. The Morgan fingerprint density at radius 1 is 1.17 bits per heavy atom. The van der Waals surface area contributed by atoms with Crippen LogP contribution in [0.3, 0.4) is 0 Å². The van der Waals surface area contributed by atoms with Crippen LogP contribution < -0.4 is 0 Å². The molecule has 1 nitrogen and oxygen atoms in total. The van der Waals surface area contributed by atoms with Gasteiger partial charge in [0.05, 0.1) is 0 Å². The highest BCUT2D eigenvalue weighted by atomic mass is 16.1. The first-order valence-corrected chi connectivity index (χ1v) is 5.02. The second-order valence-corrected chi connectivity index (χ2v) is 4.06. The number of carbonyl (C=O) groups excluding carboxylic acids is 1. The van der Waals surface area contributed by atoms with E-state index in [9.17, 15) is 4.79 Å². The largest absolute Gasteiger partial charge is 0.300 e. The Bertz CT molecular complexity index is 145. The van der Waals surface area contributed by atoms with E-state index in [0.29, 0.717) is 12.2 Å². The molecule has 0 unspecified atom stereocenters. The van der Waals surface area contributed by atoms with Crippen molar-refractivity contribution in [3.63, 3.8) is 0 Å². The second kappa shape index (κ2) is 4.64. The summed E-state index contributed by atoms with van der Waals surface area (Å²) in [6.07, 6.45) is 7.46. The van der Waals surface area contributed by atoms with E-state index in [1.807, 2.05) is 0 Å². The van der Waals surface area contributed by atoms with E-state index in [0.717, 1.165) is 5.92 Å². The molecule has 0 aromatic carbocycles. The minimum Gasteiger partial charge on any atom is -0.300 e. The SMILES string of the molecule is C[C](CC(C)=O)C1CCCCC1. The van der Waals surface area contributed by atoms with E-state index in [1.165, 1.54) is 38.0 Å². The summed E-state index contributed by atoms with van der Waals surface area (Å²) in [6.45, 7) is 3.84. The summed E-state index contributed by atoms with van der Waals surface area (Å²) in [5.41, 5.74) is 0. The van der Waals surface area contributed by atoms with Crippen molar-refractivity contribution >= 4 is 5.78 Å². The lowest BCUT2D eigenvalue weighted by Gasteiger charge is -2.26. The lowest BCUT2D eigenvalue weighted by atomic mass is 9.79. The van der Waals surface area contributed by atoms with Gasteiger partial charge >= 0.3 is 0 Å². The third kappa shape index (κ3) is 2.96. The first-order valence-electron chi connectivity index (χ1n) is 5.02. The van der Waals surface area contributed by atoms with E-state index >= 15 is 0 Å². The van der Waals surface area contributed by atoms with Crippen LogP contribution in [0.5, 0.6) is 0 Å². The zero-order valence-corrected chi connectivity index (χ0v) is 8.23. The van der Waals surface area contributed by atoms with Crippen molar-refractivity contribution in [2.24, 2.45) is 5.92 Å². The molecule has 69 valence electrons. The van der Waals surface area contributed by atoms with Crippen LogP contribution in [0.4, 0.5) is 0 Å². The number of hydrogen-bond donors (Lipinski definition) is 0. The highest BCUT2D eigenvalue weighted by Gasteiger charge is 2.20. The molecular formula is C11H19O. The average molecular weight is 167 g/mol. The summed E-state index contributed by atoms with van der Waals surface area (Å²) in [7, 11) is 0. The molecule has 12 heavy (non-hydrogen) atoms. The molecule has 0 bridgehead atoms. The summed E-state index contributed by atoms with van der Waals surface area (Å²) < 4.78 is 0. The lowest BCUT2D eigenvalue weighted by molar-refractivity contribution is -0.116. The number of carbonyl (C=O) groups is 1. The molecule has 1 fully saturated rings. The number of rotatable bonds is 3. The summed E-state index contributed by atoms with van der Waals surface area (Å²) >= 11 is 0. The van der Waals surface area contributed by atoms with Crippen LogP contribution in [0, 0.1) is 11.8 Å². The van der Waals surface area contributed by atoms with Crippen molar-refractivity contribution in [3.05, 3.63) is 5.92 Å². The predicted octanol–water partition coefficient (Wildman–Crippen LogP) is 3.14. The zero-order chi connectivity index (χ0) is 8.97. The minimum absolute atomic E-state index is 0.318. The lowest BCUT2D eigenvalue weighted by Crippen LogP contribution is -2.15. The highest BCUT2D eigenvalue weighted by Crippen LogP contribution is 2.32. The Hall–Kier alpha value is -0.330. The molecule has 1 heteroatoms. The molecule has 1 rings (SSSR count). The summed E-state index contributed by atoms with van der Waals surface area (Å²) in [4.78, 5) is 10.9. The number of Topliss-reactive ketones (excluding diaryl/α,β-unsaturated/α-hetero) is 1. The first kappa shape index (κ1) is 9.76. The van der Waals surface area contributed by atoms with Gasteiger partial charge in [-0.25, -0.2) is 0 Å². The summed E-state index contributed by atoms with van der Waals surface area (Å²) in [5, 5.41) is 0. The fraction of sp³-hybridized carbons (Fsp3) is 0.818. The van der Waals surface area contributed by atoms with Crippen LogP contribution in [0.25, 0.3) is 0 Å². The van der Waals surface area contributed by atoms with Gasteiger partial charge in [-0.1, -0.05) is 26.2 Å². The van der Waals surface area contributed by atoms with Crippen molar-refractivity contribution in [1.82, 2.24) is 0 Å². The Labute approximate surface area is 75.5 Å². The molecule has 1 aliphatic carbocycles. The molecule has 1 aliphatic rings. The van der Waals surface area contributed by atoms with Gasteiger partial charge < -0.3 is 4.79 Å². The van der Waals surface area contributed by atoms with Crippen LogP contribution >= 0.6 is 0 Å². The highest BCUT2D eigenvalue weighted by molar-refractivity contribution is 5.77. The molecule has 0 aromatic heterocycles. The smallest absolute Gasteiger partial charge is 0.130 e. The Morgan fingerprint density at radius 3 is 2.25 bits per heavy atom. The quantitative estimate of drug-likeness (QED) is 0.631. The fourth-order valence-electron chi connectivity index (χ4n) is 2.13. The molecule has 0 heterocycles. The molecule has 0 saturated heterocycles. The van der Waals surface area contributed by atoms with Crippen molar-refractivity contribution in [2.45, 2.75) is 52.4 Å². The Kier molecular flexibility index (Phi) is 3.77. The second-order valence-electron chi connectivity index (χ2n) is 4.06. The van der Waals surface area contributed by atoms with E-state index in [2.05, 4.69) is 6.92 Å². The molecule has 1 radical (unpaired) electrons. The van der Waals surface area contributed by atoms with Gasteiger partial charge in [0, 0.05) is 6.42 Å². The molecule has 0 aromatic rings. The Morgan fingerprint density at radius 2 is 1.75 bits per heavy atom. The van der Waals surface area contributed by atoms with Gasteiger partial charge in [0.15, 0.2) is 0 Å². The summed E-state index contributed by atoms with van der Waals surface area (Å²) in [6, 6.07) is 0. The van der Waals surface area contributed by atoms with Crippen molar-refractivity contribution in [1.29, 1.82) is 0 Å². The molecule has 0 atom stereocenters. The molecule has 1 saturated carbocycles. The predicted molar refractivity (Wildman–Crippen MR) is 50.8 cm³/mol. The van der Waals surface area contributed by atoms with Gasteiger partial charge in [0.2, 0.25) is 0 Å². The third-order valence-electron chi connectivity index (χ3n) is 2.83. The number of ketones is 1. The topological polar surface area (TPSA) is 17.1 Å². The van der Waals surface area contributed by atoms with E-state index in [4.69, 9.17) is 0 Å². The average Bonchev–Trinajstić information content (AvgIpc) is 2.05. The molecule has 0 N–H and O–H groups in total. The van der Waals surface area contributed by atoms with Gasteiger partial charge in [-0.05, 0) is 31.6 Å². The maximum absolute atomic E-state index is 10.9. The van der Waals surface area contributed by atoms with E-state index < -0.39 is 0 Å². The van der Waals surface area contributed by atoms with Gasteiger partial charge in [-0.2, -0.15) is 0 Å². The molecule has 0 spiro atoms. The van der Waals surface area contributed by atoms with E-state index in [-0.39, 0.29) is 0 Å². The van der Waals surface area contributed by atoms with Gasteiger partial charge in [0.1, 0.15) is 5.78 Å². The normalized spacial score (nSPS) is 19.9. The van der Waals surface area contributed by atoms with Crippen molar-refractivity contribution in [2.75, 3.05) is 0 Å². The summed E-state index contributed by atoms with van der Waals surface area (Å²) in [5.74, 6) is 2.49. The van der Waals surface area contributed by atoms with Crippen LogP contribution in [0.1, 0.15) is 52.4 Å². The maximum Gasteiger partial charge on any atom is 0.130 e. The zero-order valence-electron chi connectivity index (χ0n) is 8.23. The fourth-order valence-corrected chi connectivity index (χ4v) is 2.13. The third-order valence-corrected chi connectivity index (χ3v) is 2.83. The van der Waals surface area contributed by atoms with Gasteiger partial charge in [0.25, 0.3) is 0 Å². The van der Waals surface area contributed by atoms with Gasteiger partial charge in [-0.3, -0.25) is 0 Å².